The first-order valence-electron chi connectivity index (χ1n) is 24.5. The first-order valence-corrected chi connectivity index (χ1v) is 24.5. The molecule has 2 fully saturated rings. The quantitative estimate of drug-likeness (QED) is 0.0968. The number of carbonyl (C=O) groups excluding carboxylic acids is 3. The summed E-state index contributed by atoms with van der Waals surface area (Å²) in [4.78, 5) is 59.7. The average Bonchev–Trinajstić information content (AvgIpc) is 4.10. The average molecular weight is 934 g/mol. The maximum atomic E-state index is 14.2. The van der Waals surface area contributed by atoms with Crippen LogP contribution in [0.4, 0.5) is 4.79 Å². The standard InChI is InChI=1S/C30H40N6O2.C25H31N5O/c1-30(2,3)32-29(38)36-20-19-34(21-25-11-6-4-7-12-25)23-27(36)28(37)35(22-26-13-8-5-9-14-26)17-10-16-33-18-15-31-24-33;31-25(24-20-29(17-13-27-24)18-22-8-3-1-4-9-22)30(19-23-10-5-2-6-11-23)15-7-14-28-16-12-26-21-28/h4-9,11-15,18,24,27H,10,16-17,19-23H2,1-3H3,(H,32,38);1-6,8-12,16,21,24,27H,7,13-15,17-20H2/t27-;24-/m11/s1. The minimum absolute atomic E-state index is 0.0127. The van der Waals surface area contributed by atoms with Crippen LogP contribution in [0.5, 0.6) is 0 Å². The second kappa shape index (κ2) is 25.7. The van der Waals surface area contributed by atoms with Gasteiger partial charge in [0.05, 0.1) is 18.7 Å². The Hall–Kier alpha value is -6.61. The molecule has 6 aromatic rings. The smallest absolute Gasteiger partial charge is 0.318 e. The number of amides is 4. The van der Waals surface area contributed by atoms with Gasteiger partial charge < -0.3 is 34.5 Å². The van der Waals surface area contributed by atoms with E-state index in [1.807, 2.05) is 127 Å². The minimum Gasteiger partial charge on any atom is -0.337 e. The highest BCUT2D eigenvalue weighted by Crippen LogP contribution is 2.20. The van der Waals surface area contributed by atoms with Gasteiger partial charge in [0.1, 0.15) is 6.04 Å². The lowest BCUT2D eigenvalue weighted by Gasteiger charge is -2.43. The van der Waals surface area contributed by atoms with E-state index in [-0.39, 0.29) is 29.4 Å². The van der Waals surface area contributed by atoms with Gasteiger partial charge >= 0.3 is 6.03 Å². The zero-order valence-corrected chi connectivity index (χ0v) is 40.7. The van der Waals surface area contributed by atoms with E-state index in [9.17, 15) is 14.4 Å². The molecule has 0 unspecified atom stereocenters. The largest absolute Gasteiger partial charge is 0.337 e. The van der Waals surface area contributed by atoms with E-state index >= 15 is 0 Å². The van der Waals surface area contributed by atoms with Gasteiger partial charge in [0, 0.05) is 122 Å². The molecule has 4 amide bonds. The molecule has 2 saturated heterocycles. The molecule has 14 nitrogen and oxygen atoms in total. The molecule has 2 aliphatic heterocycles. The lowest BCUT2D eigenvalue weighted by atomic mass is 10.1. The first-order chi connectivity index (χ1) is 33.6. The van der Waals surface area contributed by atoms with Crippen LogP contribution in [-0.4, -0.2) is 131 Å². The summed E-state index contributed by atoms with van der Waals surface area (Å²) in [5.74, 6) is 0.175. The summed E-state index contributed by atoms with van der Waals surface area (Å²) in [6, 6.07) is 40.2. The van der Waals surface area contributed by atoms with Crippen molar-refractivity contribution in [2.75, 3.05) is 52.4 Å². The normalized spacial score (nSPS) is 16.5. The molecule has 0 bridgehead atoms. The minimum atomic E-state index is -0.563. The van der Waals surface area contributed by atoms with Crippen LogP contribution in [0.3, 0.4) is 0 Å². The van der Waals surface area contributed by atoms with Crippen molar-refractivity contribution in [3.05, 3.63) is 181 Å². The third-order valence-corrected chi connectivity index (χ3v) is 12.4. The third kappa shape index (κ3) is 16.3. The fraction of sp³-hybridized carbons (Fsp3) is 0.400. The number of hydrogen-bond donors (Lipinski definition) is 2. The van der Waals surface area contributed by atoms with Crippen LogP contribution in [0.1, 0.15) is 55.9 Å². The Morgan fingerprint density at radius 2 is 1.07 bits per heavy atom. The highest BCUT2D eigenvalue weighted by atomic mass is 16.2. The predicted molar refractivity (Wildman–Crippen MR) is 271 cm³/mol. The Labute approximate surface area is 408 Å². The fourth-order valence-corrected chi connectivity index (χ4v) is 8.93. The molecular weight excluding hydrogens is 863 g/mol. The molecule has 2 atom stereocenters. The Bertz CT molecular complexity index is 2400. The van der Waals surface area contributed by atoms with Crippen molar-refractivity contribution in [3.8, 4) is 0 Å². The van der Waals surface area contributed by atoms with Gasteiger partial charge in [-0.3, -0.25) is 19.4 Å². The Morgan fingerprint density at radius 3 is 1.54 bits per heavy atom. The lowest BCUT2D eigenvalue weighted by Crippen LogP contribution is -2.64. The van der Waals surface area contributed by atoms with Gasteiger partial charge in [-0.05, 0) is 55.9 Å². The number of nitrogens with zero attached hydrogens (tertiary/aromatic N) is 9. The van der Waals surface area contributed by atoms with Crippen molar-refractivity contribution in [2.45, 2.75) is 90.5 Å². The molecule has 2 aromatic heterocycles. The monoisotopic (exact) mass is 934 g/mol. The van der Waals surface area contributed by atoms with Gasteiger partial charge in [-0.1, -0.05) is 121 Å². The number of carbonyl (C=O) groups is 3. The summed E-state index contributed by atoms with van der Waals surface area (Å²) < 4.78 is 4.09. The maximum absolute atomic E-state index is 14.2. The van der Waals surface area contributed by atoms with Crippen LogP contribution in [-0.2, 0) is 48.9 Å². The van der Waals surface area contributed by atoms with Crippen molar-refractivity contribution < 1.29 is 14.4 Å². The number of hydrogen-bond acceptors (Lipinski definition) is 8. The molecule has 0 radical (unpaired) electrons. The summed E-state index contributed by atoms with van der Waals surface area (Å²) >= 11 is 0. The van der Waals surface area contributed by atoms with E-state index in [0.717, 1.165) is 82.9 Å². The van der Waals surface area contributed by atoms with Crippen molar-refractivity contribution in [2.24, 2.45) is 0 Å². The van der Waals surface area contributed by atoms with Gasteiger partial charge in [-0.15, -0.1) is 0 Å². The van der Waals surface area contributed by atoms with E-state index in [4.69, 9.17) is 0 Å². The topological polar surface area (TPSA) is 127 Å². The van der Waals surface area contributed by atoms with Crippen LogP contribution in [0.15, 0.2) is 159 Å². The summed E-state index contributed by atoms with van der Waals surface area (Å²) in [6.45, 7) is 15.9. The van der Waals surface area contributed by atoms with E-state index in [2.05, 4.69) is 83.5 Å². The Kier molecular flexibility index (Phi) is 18.7. The number of benzene rings is 4. The van der Waals surface area contributed by atoms with Crippen LogP contribution in [0.2, 0.25) is 0 Å². The third-order valence-electron chi connectivity index (χ3n) is 12.4. The molecule has 14 heteroatoms. The second-order valence-electron chi connectivity index (χ2n) is 19.1. The van der Waals surface area contributed by atoms with Crippen LogP contribution in [0, 0.1) is 0 Å². The molecule has 0 saturated carbocycles. The molecule has 2 N–H and O–H groups in total. The van der Waals surface area contributed by atoms with E-state index < -0.39 is 6.04 Å². The van der Waals surface area contributed by atoms with Crippen molar-refractivity contribution in [1.29, 1.82) is 0 Å². The van der Waals surface area contributed by atoms with Crippen LogP contribution < -0.4 is 10.6 Å². The zero-order valence-electron chi connectivity index (χ0n) is 40.7. The van der Waals surface area contributed by atoms with E-state index in [1.165, 1.54) is 11.1 Å². The van der Waals surface area contributed by atoms with E-state index in [1.54, 1.807) is 23.6 Å². The maximum Gasteiger partial charge on any atom is 0.318 e. The number of urea groups is 1. The zero-order chi connectivity index (χ0) is 48.3. The molecule has 4 aromatic carbocycles. The number of nitrogens with one attached hydrogen (secondary N) is 2. The van der Waals surface area contributed by atoms with Gasteiger partial charge in [-0.25, -0.2) is 14.8 Å². The SMILES string of the molecule is CC(C)(C)NC(=O)N1CCN(Cc2ccccc2)C[C@@H]1C(=O)N(CCCn1ccnc1)Cc1ccccc1.O=C([C@H]1CN(Cc2ccccc2)CCN1)N(CCCn1ccnc1)Cc1ccccc1. The Balaban J connectivity index is 0.000000208. The highest BCUT2D eigenvalue weighted by Gasteiger charge is 2.38. The molecule has 4 heterocycles. The first kappa shape index (κ1) is 50.3. The van der Waals surface area contributed by atoms with Gasteiger partial charge in [-0.2, -0.15) is 0 Å². The van der Waals surface area contributed by atoms with Crippen molar-refractivity contribution in [1.82, 2.24) is 54.2 Å². The number of aromatic nitrogens is 4. The molecule has 8 rings (SSSR count). The molecule has 2 aliphatic rings. The Morgan fingerprint density at radius 1 is 0.609 bits per heavy atom. The molecule has 364 valence electrons. The summed E-state index contributed by atoms with van der Waals surface area (Å²) in [6.07, 6.45) is 12.8. The molecular formula is C55H71N11O3. The number of piperazine rings is 2. The van der Waals surface area contributed by atoms with Gasteiger partial charge in [0.15, 0.2) is 0 Å². The predicted octanol–water partition coefficient (Wildman–Crippen LogP) is 6.77. The van der Waals surface area contributed by atoms with Crippen LogP contribution in [0.25, 0.3) is 0 Å². The van der Waals surface area contributed by atoms with Crippen molar-refractivity contribution in [3.63, 3.8) is 0 Å². The second-order valence-corrected chi connectivity index (χ2v) is 19.1. The summed E-state index contributed by atoms with van der Waals surface area (Å²) in [5.41, 5.74) is 4.34. The molecule has 0 spiro atoms. The van der Waals surface area contributed by atoms with E-state index in [0.29, 0.717) is 32.7 Å². The van der Waals surface area contributed by atoms with Crippen LogP contribution >= 0.6 is 0 Å². The van der Waals surface area contributed by atoms with Crippen molar-refractivity contribution >= 4 is 17.8 Å². The van der Waals surface area contributed by atoms with Gasteiger partial charge in [0.25, 0.3) is 0 Å². The fourth-order valence-electron chi connectivity index (χ4n) is 8.93. The number of rotatable bonds is 18. The highest BCUT2D eigenvalue weighted by molar-refractivity contribution is 5.88. The number of aryl methyl sites for hydroxylation is 2. The molecule has 69 heavy (non-hydrogen) atoms. The molecule has 0 aliphatic carbocycles. The summed E-state index contributed by atoms with van der Waals surface area (Å²) in [5, 5.41) is 6.53. The summed E-state index contributed by atoms with van der Waals surface area (Å²) in [7, 11) is 0. The van der Waals surface area contributed by atoms with Gasteiger partial charge in [0.2, 0.25) is 11.8 Å². The lowest BCUT2D eigenvalue weighted by molar-refractivity contribution is -0.139. The number of imidazole rings is 2.